The van der Waals surface area contributed by atoms with Gasteiger partial charge in [0.2, 0.25) is 0 Å². The number of carbonyl (C=O) groups is 3. The molecule has 0 aliphatic heterocycles. The summed E-state index contributed by atoms with van der Waals surface area (Å²) in [6, 6.07) is -0.628. The molecule has 0 saturated carbocycles. The molecule has 56 heavy (non-hydrogen) atoms. The summed E-state index contributed by atoms with van der Waals surface area (Å²) in [6.07, 6.45) is 48.0. The molecule has 0 aromatic heterocycles. The van der Waals surface area contributed by atoms with E-state index in [1.807, 2.05) is 21.1 Å². The van der Waals surface area contributed by atoms with Crippen molar-refractivity contribution >= 4 is 17.9 Å². The topological polar surface area (TPSA) is 99.1 Å². The monoisotopic (exact) mass is 785 g/mol. The summed E-state index contributed by atoms with van der Waals surface area (Å²) in [5.41, 5.74) is 0. The van der Waals surface area contributed by atoms with Gasteiger partial charge in [0.15, 0.2) is 12.1 Å². The highest BCUT2D eigenvalue weighted by Crippen LogP contribution is 2.12. The summed E-state index contributed by atoms with van der Waals surface area (Å²) < 4.78 is 17.2. The van der Waals surface area contributed by atoms with Gasteiger partial charge in [-0.05, 0) is 77.0 Å². The van der Waals surface area contributed by atoms with E-state index in [1.165, 1.54) is 57.8 Å². The van der Waals surface area contributed by atoms with Crippen LogP contribution in [0.5, 0.6) is 0 Å². The Hall–Kier alpha value is -3.23. The second-order valence-corrected chi connectivity index (χ2v) is 15.6. The van der Waals surface area contributed by atoms with Crippen LogP contribution in [0.1, 0.15) is 162 Å². The molecule has 0 aliphatic rings. The number of hydrogen-bond donors (Lipinski definition) is 1. The Balaban J connectivity index is 4.48. The number of allylic oxidation sites excluding steroid dienone is 12. The predicted octanol–water partition coefficient (Wildman–Crippen LogP) is 12.0. The van der Waals surface area contributed by atoms with Gasteiger partial charge in [0.25, 0.3) is 0 Å². The third-order valence-electron chi connectivity index (χ3n) is 9.36. The summed E-state index contributed by atoms with van der Waals surface area (Å²) in [4.78, 5) is 36.9. The summed E-state index contributed by atoms with van der Waals surface area (Å²) in [5.74, 6) is -1.56. The van der Waals surface area contributed by atoms with Crippen molar-refractivity contribution in [3.05, 3.63) is 72.9 Å². The maximum atomic E-state index is 12.7. The van der Waals surface area contributed by atoms with E-state index in [4.69, 9.17) is 14.2 Å². The number of likely N-dealkylation sites (N-methyl/N-ethyl adjacent to an activating group) is 1. The van der Waals surface area contributed by atoms with Crippen LogP contribution in [0.2, 0.25) is 0 Å². The third-order valence-corrected chi connectivity index (χ3v) is 9.36. The summed E-state index contributed by atoms with van der Waals surface area (Å²) in [6.45, 7) is 4.59. The lowest BCUT2D eigenvalue weighted by Crippen LogP contribution is -2.50. The van der Waals surface area contributed by atoms with Gasteiger partial charge in [-0.15, -0.1) is 0 Å². The molecule has 8 nitrogen and oxygen atoms in total. The fourth-order valence-corrected chi connectivity index (χ4v) is 5.90. The van der Waals surface area contributed by atoms with Crippen molar-refractivity contribution in [3.63, 3.8) is 0 Å². The molecule has 0 aromatic carbocycles. The van der Waals surface area contributed by atoms with E-state index >= 15 is 0 Å². The molecule has 0 fully saturated rings. The molecule has 8 heteroatoms. The van der Waals surface area contributed by atoms with E-state index in [2.05, 4.69) is 86.8 Å². The van der Waals surface area contributed by atoms with Crippen molar-refractivity contribution in [1.82, 2.24) is 0 Å². The zero-order valence-corrected chi connectivity index (χ0v) is 36.3. The van der Waals surface area contributed by atoms with Crippen LogP contribution in [-0.2, 0) is 28.6 Å². The largest absolute Gasteiger partial charge is 0.477 e. The number of rotatable bonds is 38. The van der Waals surface area contributed by atoms with Crippen LogP contribution in [0.25, 0.3) is 0 Å². The Morgan fingerprint density at radius 2 is 1.02 bits per heavy atom. The smallest absolute Gasteiger partial charge is 0.362 e. The Morgan fingerprint density at radius 3 is 1.55 bits per heavy atom. The molecule has 0 amide bonds. The van der Waals surface area contributed by atoms with Crippen LogP contribution in [0.15, 0.2) is 72.9 Å². The molecule has 0 aliphatic carbocycles. The molecular weight excluding hydrogens is 703 g/mol. The lowest BCUT2D eigenvalue weighted by atomic mass is 10.1. The minimum absolute atomic E-state index is 0.0355. The number of carboxylic acids is 1. The lowest BCUT2D eigenvalue weighted by Gasteiger charge is -2.31. The van der Waals surface area contributed by atoms with Crippen molar-refractivity contribution in [2.45, 2.75) is 174 Å². The number of carboxylic acid groups (broad SMARTS) is 1. The van der Waals surface area contributed by atoms with Gasteiger partial charge < -0.3 is 23.8 Å². The van der Waals surface area contributed by atoms with E-state index in [0.29, 0.717) is 19.3 Å². The second kappa shape index (κ2) is 38.6. The van der Waals surface area contributed by atoms with E-state index < -0.39 is 18.1 Å². The maximum absolute atomic E-state index is 12.7. The fraction of sp³-hybridized carbons (Fsp3) is 0.688. The lowest BCUT2D eigenvalue weighted by molar-refractivity contribution is -0.887. The van der Waals surface area contributed by atoms with Crippen LogP contribution >= 0.6 is 0 Å². The molecule has 0 rings (SSSR count). The molecule has 320 valence electrons. The minimum atomic E-state index is -0.887. The Morgan fingerprint density at radius 1 is 0.554 bits per heavy atom. The standard InChI is InChI=1S/C48H81NO7/c1-6-8-10-12-14-16-18-20-22-23-25-26-28-30-32-34-36-38-46(50)55-43-44(42-54-41-40-45(48(52)53)49(3,4)5)56-47(51)39-37-35-33-31-29-27-24-21-19-17-15-13-11-9-7-2/h14-17,19-22,25-26,30,32,44-45H,6-13,18,23-24,27-29,31,33-43H2,1-5H3/p+1/b16-14+,17-15+,21-19+,22-20+,26-25+,32-30+. The molecule has 0 saturated heterocycles. The van der Waals surface area contributed by atoms with Gasteiger partial charge in [0.05, 0.1) is 34.4 Å². The Bertz CT molecular complexity index is 1140. The van der Waals surface area contributed by atoms with Gasteiger partial charge in [-0.3, -0.25) is 9.59 Å². The summed E-state index contributed by atoms with van der Waals surface area (Å²) >= 11 is 0. The summed E-state index contributed by atoms with van der Waals surface area (Å²) in [5, 5.41) is 9.61. The quantitative estimate of drug-likeness (QED) is 0.0219. The zero-order chi connectivity index (χ0) is 41.4. The first kappa shape index (κ1) is 52.8. The highest BCUT2D eigenvalue weighted by molar-refractivity contribution is 5.72. The van der Waals surface area contributed by atoms with Crippen molar-refractivity contribution in [1.29, 1.82) is 0 Å². The molecular formula is C48H82NO7+. The highest BCUT2D eigenvalue weighted by Gasteiger charge is 2.31. The van der Waals surface area contributed by atoms with Gasteiger partial charge in [-0.1, -0.05) is 138 Å². The first-order chi connectivity index (χ1) is 27.1. The molecule has 0 bridgehead atoms. The maximum Gasteiger partial charge on any atom is 0.362 e. The summed E-state index contributed by atoms with van der Waals surface area (Å²) in [7, 11) is 5.50. The van der Waals surface area contributed by atoms with Gasteiger partial charge >= 0.3 is 17.9 Å². The van der Waals surface area contributed by atoms with Gasteiger partial charge in [-0.25, -0.2) is 4.79 Å². The molecule has 1 N–H and O–H groups in total. The van der Waals surface area contributed by atoms with E-state index in [-0.39, 0.29) is 42.7 Å². The Labute approximate surface area is 342 Å². The van der Waals surface area contributed by atoms with Crippen molar-refractivity contribution in [2.24, 2.45) is 0 Å². The highest BCUT2D eigenvalue weighted by atomic mass is 16.6. The fourth-order valence-electron chi connectivity index (χ4n) is 5.90. The first-order valence-corrected chi connectivity index (χ1v) is 22.0. The number of carbonyl (C=O) groups excluding carboxylic acids is 2. The molecule has 2 atom stereocenters. The van der Waals surface area contributed by atoms with Gasteiger partial charge in [0.1, 0.15) is 6.61 Å². The Kier molecular flexibility index (Phi) is 36.4. The van der Waals surface area contributed by atoms with Gasteiger partial charge in [-0.2, -0.15) is 0 Å². The predicted molar refractivity (Wildman–Crippen MR) is 233 cm³/mol. The van der Waals surface area contributed by atoms with E-state index in [1.54, 1.807) is 0 Å². The number of ether oxygens (including phenoxy) is 3. The molecule has 0 radical (unpaired) electrons. The van der Waals surface area contributed by atoms with Crippen LogP contribution < -0.4 is 0 Å². The van der Waals surface area contributed by atoms with E-state index in [0.717, 1.165) is 64.2 Å². The average molecular weight is 785 g/mol. The van der Waals surface area contributed by atoms with Gasteiger partial charge in [0, 0.05) is 19.3 Å². The van der Waals surface area contributed by atoms with Crippen LogP contribution in [0, 0.1) is 0 Å². The number of unbranched alkanes of at least 4 members (excludes halogenated alkanes) is 13. The van der Waals surface area contributed by atoms with Crippen LogP contribution in [-0.4, -0.2) is 80.6 Å². The average Bonchev–Trinajstić information content (AvgIpc) is 3.15. The normalized spacial score (nSPS) is 13.7. The molecule has 0 aromatic rings. The van der Waals surface area contributed by atoms with E-state index in [9.17, 15) is 19.5 Å². The van der Waals surface area contributed by atoms with Crippen LogP contribution in [0.3, 0.4) is 0 Å². The van der Waals surface area contributed by atoms with Crippen molar-refractivity contribution in [3.8, 4) is 0 Å². The minimum Gasteiger partial charge on any atom is -0.477 e. The molecule has 0 heterocycles. The number of aliphatic carboxylic acids is 1. The number of esters is 2. The zero-order valence-electron chi connectivity index (χ0n) is 36.3. The number of quaternary nitrogens is 1. The van der Waals surface area contributed by atoms with Crippen LogP contribution in [0.4, 0.5) is 0 Å². The second-order valence-electron chi connectivity index (χ2n) is 15.6. The number of hydrogen-bond acceptors (Lipinski definition) is 6. The van der Waals surface area contributed by atoms with Crippen molar-refractivity contribution in [2.75, 3.05) is 41.0 Å². The first-order valence-electron chi connectivity index (χ1n) is 22.0. The third kappa shape index (κ3) is 36.4. The molecule has 0 spiro atoms. The van der Waals surface area contributed by atoms with Crippen molar-refractivity contribution < 1.29 is 38.2 Å². The number of nitrogens with zero attached hydrogens (tertiary/aromatic N) is 1. The SMILES string of the molecule is CCCCC/C=C/C=C/CCCCCCCCC(=O)OC(COCCC(C(=O)O)[N+](C)(C)C)COC(=O)CCC/C=C/C/C=C/C/C=C/C/C=C/CCCCC. The molecule has 2 unspecified atom stereocenters.